The molecular weight excluding hydrogens is 246 g/mol. The monoisotopic (exact) mass is 267 g/mol. The van der Waals surface area contributed by atoms with E-state index in [0.717, 1.165) is 26.4 Å². The molecule has 1 amide bonds. The number of hydrogen-bond donors (Lipinski definition) is 3. The standard InChI is InChI=1S/C9H21N3O4S/c1-3-4-8(5-6-10)7-11-17(14,15)12-9(13)16-2/h8,11H,3-7,10H2,1-2H3,(H,12,13). The Morgan fingerprint density at radius 2 is 2.06 bits per heavy atom. The van der Waals surface area contributed by atoms with Gasteiger partial charge in [0.05, 0.1) is 7.11 Å². The lowest BCUT2D eigenvalue weighted by Crippen LogP contribution is -2.42. The molecule has 0 aliphatic carbocycles. The van der Waals surface area contributed by atoms with Crippen molar-refractivity contribution in [3.8, 4) is 0 Å². The second-order valence-electron chi connectivity index (χ2n) is 3.68. The Morgan fingerprint density at radius 3 is 2.53 bits per heavy atom. The van der Waals surface area contributed by atoms with E-state index in [-0.39, 0.29) is 12.5 Å². The van der Waals surface area contributed by atoms with Gasteiger partial charge in [-0.1, -0.05) is 13.3 Å². The van der Waals surface area contributed by atoms with Crippen LogP contribution in [0.3, 0.4) is 0 Å². The van der Waals surface area contributed by atoms with Crippen molar-refractivity contribution in [2.45, 2.75) is 26.2 Å². The molecule has 7 nitrogen and oxygen atoms in total. The maximum Gasteiger partial charge on any atom is 0.421 e. The fourth-order valence-electron chi connectivity index (χ4n) is 1.41. The van der Waals surface area contributed by atoms with Crippen molar-refractivity contribution in [1.29, 1.82) is 0 Å². The van der Waals surface area contributed by atoms with Gasteiger partial charge in [-0.05, 0) is 25.3 Å². The van der Waals surface area contributed by atoms with Crippen LogP contribution in [0.5, 0.6) is 0 Å². The minimum Gasteiger partial charge on any atom is -0.452 e. The quantitative estimate of drug-likeness (QED) is 0.570. The summed E-state index contributed by atoms with van der Waals surface area (Å²) in [6.45, 7) is 2.79. The lowest BCUT2D eigenvalue weighted by atomic mass is 10.0. The van der Waals surface area contributed by atoms with Crippen LogP contribution in [0, 0.1) is 5.92 Å². The number of nitrogens with two attached hydrogens (primary N) is 1. The van der Waals surface area contributed by atoms with E-state index in [2.05, 4.69) is 9.46 Å². The van der Waals surface area contributed by atoms with Gasteiger partial charge in [-0.25, -0.2) is 9.52 Å². The zero-order chi connectivity index (χ0) is 13.3. The topological polar surface area (TPSA) is 111 Å². The summed E-state index contributed by atoms with van der Waals surface area (Å²) in [5.41, 5.74) is 5.43. The average molecular weight is 267 g/mol. The minimum absolute atomic E-state index is 0.180. The van der Waals surface area contributed by atoms with Crippen molar-refractivity contribution >= 4 is 16.3 Å². The van der Waals surface area contributed by atoms with E-state index in [9.17, 15) is 13.2 Å². The first-order chi connectivity index (χ1) is 7.95. The summed E-state index contributed by atoms with van der Waals surface area (Å²) in [5.74, 6) is 0.180. The molecule has 0 aromatic heterocycles. The number of nitrogens with one attached hydrogen (secondary N) is 2. The lowest BCUT2D eigenvalue weighted by molar-refractivity contribution is 0.177. The Kier molecular flexibility index (Phi) is 7.85. The molecule has 0 saturated carbocycles. The molecule has 0 bridgehead atoms. The zero-order valence-corrected chi connectivity index (χ0v) is 11.0. The number of hydrogen-bond acceptors (Lipinski definition) is 5. The van der Waals surface area contributed by atoms with Crippen molar-refractivity contribution < 1.29 is 17.9 Å². The first kappa shape index (κ1) is 16.1. The van der Waals surface area contributed by atoms with Crippen LogP contribution in [-0.2, 0) is 14.9 Å². The Bertz CT molecular complexity index is 312. The molecule has 1 atom stereocenters. The minimum atomic E-state index is -3.84. The van der Waals surface area contributed by atoms with Crippen molar-refractivity contribution in [3.05, 3.63) is 0 Å². The van der Waals surface area contributed by atoms with E-state index >= 15 is 0 Å². The van der Waals surface area contributed by atoms with Gasteiger partial charge in [0.15, 0.2) is 0 Å². The Morgan fingerprint density at radius 1 is 1.41 bits per heavy atom. The number of carbonyl (C=O) groups excluding carboxylic acids is 1. The van der Waals surface area contributed by atoms with Crippen molar-refractivity contribution in [3.63, 3.8) is 0 Å². The van der Waals surface area contributed by atoms with Crippen LogP contribution in [0.1, 0.15) is 26.2 Å². The molecule has 17 heavy (non-hydrogen) atoms. The molecule has 0 radical (unpaired) electrons. The van der Waals surface area contributed by atoms with E-state index in [4.69, 9.17) is 5.73 Å². The highest BCUT2D eigenvalue weighted by Crippen LogP contribution is 2.09. The van der Waals surface area contributed by atoms with Gasteiger partial charge in [0, 0.05) is 6.54 Å². The molecule has 0 aromatic rings. The summed E-state index contributed by atoms with van der Waals surface area (Å²) in [6.07, 6.45) is 1.58. The predicted molar refractivity (Wildman–Crippen MR) is 64.5 cm³/mol. The lowest BCUT2D eigenvalue weighted by Gasteiger charge is -2.15. The normalized spacial score (nSPS) is 13.1. The average Bonchev–Trinajstić information content (AvgIpc) is 2.26. The molecule has 8 heteroatoms. The zero-order valence-electron chi connectivity index (χ0n) is 10.2. The number of rotatable bonds is 8. The second kappa shape index (κ2) is 8.26. The molecule has 0 aromatic carbocycles. The Balaban J connectivity index is 4.17. The van der Waals surface area contributed by atoms with Crippen molar-refractivity contribution in [1.82, 2.24) is 9.44 Å². The van der Waals surface area contributed by atoms with Gasteiger partial charge < -0.3 is 10.5 Å². The number of ether oxygens (including phenoxy) is 1. The van der Waals surface area contributed by atoms with Gasteiger partial charge in [-0.2, -0.15) is 13.1 Å². The van der Waals surface area contributed by atoms with Crippen LogP contribution >= 0.6 is 0 Å². The third-order valence-electron chi connectivity index (χ3n) is 2.24. The largest absolute Gasteiger partial charge is 0.452 e. The molecule has 0 aliphatic heterocycles. The molecule has 0 aliphatic rings. The fourth-order valence-corrected chi connectivity index (χ4v) is 2.24. The molecule has 0 saturated heterocycles. The summed E-state index contributed by atoms with van der Waals surface area (Å²) in [6, 6.07) is 0. The molecule has 4 N–H and O–H groups in total. The maximum atomic E-state index is 11.4. The molecule has 0 spiro atoms. The molecule has 102 valence electrons. The van der Waals surface area contributed by atoms with Gasteiger partial charge in [0.2, 0.25) is 0 Å². The van der Waals surface area contributed by atoms with Gasteiger partial charge in [0.1, 0.15) is 0 Å². The Hall–Kier alpha value is -0.860. The smallest absolute Gasteiger partial charge is 0.421 e. The highest BCUT2D eigenvalue weighted by atomic mass is 32.2. The highest BCUT2D eigenvalue weighted by Gasteiger charge is 2.16. The van der Waals surface area contributed by atoms with Gasteiger partial charge in [-0.3, -0.25) is 0 Å². The van der Waals surface area contributed by atoms with Crippen LogP contribution in [0.2, 0.25) is 0 Å². The molecule has 0 fully saturated rings. The summed E-state index contributed by atoms with van der Waals surface area (Å²) >= 11 is 0. The van der Waals surface area contributed by atoms with Crippen LogP contribution in [0.15, 0.2) is 0 Å². The molecule has 0 rings (SSSR count). The van der Waals surface area contributed by atoms with E-state index in [1.165, 1.54) is 0 Å². The Labute approximate surface area is 102 Å². The SMILES string of the molecule is CCCC(CCN)CNS(=O)(=O)NC(=O)OC. The first-order valence-corrected chi connectivity index (χ1v) is 6.98. The summed E-state index contributed by atoms with van der Waals surface area (Å²) in [5, 5.41) is 0. The third kappa shape index (κ3) is 7.94. The fraction of sp³-hybridized carbons (Fsp3) is 0.889. The van der Waals surface area contributed by atoms with Gasteiger partial charge >= 0.3 is 16.3 Å². The van der Waals surface area contributed by atoms with E-state index in [1.807, 2.05) is 6.92 Å². The van der Waals surface area contributed by atoms with E-state index in [0.29, 0.717) is 6.54 Å². The number of methoxy groups -OCH3 is 1. The number of amides is 1. The van der Waals surface area contributed by atoms with Crippen LogP contribution in [0.25, 0.3) is 0 Å². The van der Waals surface area contributed by atoms with Gasteiger partial charge in [0.25, 0.3) is 0 Å². The maximum absolute atomic E-state index is 11.4. The second-order valence-corrected chi connectivity index (χ2v) is 5.18. The first-order valence-electron chi connectivity index (χ1n) is 5.50. The van der Waals surface area contributed by atoms with Crippen molar-refractivity contribution in [2.75, 3.05) is 20.2 Å². The summed E-state index contributed by atoms with van der Waals surface area (Å²) in [4.78, 5) is 10.8. The summed E-state index contributed by atoms with van der Waals surface area (Å²) in [7, 11) is -2.74. The van der Waals surface area contributed by atoms with Gasteiger partial charge in [-0.15, -0.1) is 0 Å². The van der Waals surface area contributed by atoms with Crippen LogP contribution in [-0.4, -0.2) is 34.7 Å². The molecular formula is C9H21N3O4S. The summed E-state index contributed by atoms with van der Waals surface area (Å²) < 4.78 is 30.9. The van der Waals surface area contributed by atoms with Crippen molar-refractivity contribution in [2.24, 2.45) is 11.7 Å². The third-order valence-corrected chi connectivity index (χ3v) is 3.22. The molecule has 1 unspecified atom stereocenters. The van der Waals surface area contributed by atoms with E-state index < -0.39 is 16.3 Å². The highest BCUT2D eigenvalue weighted by molar-refractivity contribution is 7.88. The molecule has 0 heterocycles. The van der Waals surface area contributed by atoms with E-state index in [1.54, 1.807) is 4.72 Å². The van der Waals surface area contributed by atoms with Crippen LogP contribution < -0.4 is 15.2 Å². The van der Waals surface area contributed by atoms with Crippen LogP contribution in [0.4, 0.5) is 4.79 Å². The number of carbonyl (C=O) groups is 1. The predicted octanol–water partition coefficient (Wildman–Crippen LogP) is -0.0581.